The van der Waals surface area contributed by atoms with Crippen LogP contribution in [0.15, 0.2) is 24.3 Å². The van der Waals surface area contributed by atoms with Crippen LogP contribution in [-0.2, 0) is 9.59 Å². The molecule has 0 aliphatic heterocycles. The molecule has 1 amide bonds. The molecule has 114 valence electrons. The van der Waals surface area contributed by atoms with Crippen LogP contribution in [-0.4, -0.2) is 36.6 Å². The van der Waals surface area contributed by atoms with Crippen molar-refractivity contribution in [1.82, 2.24) is 5.32 Å². The minimum Gasteiger partial charge on any atom is -0.478 e. The van der Waals surface area contributed by atoms with E-state index in [1.807, 2.05) is 13.8 Å². The highest BCUT2D eigenvalue weighted by Crippen LogP contribution is 2.24. The number of nitrogens with zero attached hydrogens (tertiary/aromatic N) is 1. The van der Waals surface area contributed by atoms with Crippen molar-refractivity contribution in [1.29, 1.82) is 0 Å². The maximum atomic E-state index is 14.0. The summed E-state index contributed by atoms with van der Waals surface area (Å²) in [6, 6.07) is 4.35. The third-order valence-corrected chi connectivity index (χ3v) is 2.64. The average Bonchev–Trinajstić information content (AvgIpc) is 2.34. The lowest BCUT2D eigenvalue weighted by atomic mass is 10.1. The SMILES string of the molecule is CC(C)NC(=O)CN(C)c1c(F)cccc1/C=C/C(=O)O. The summed E-state index contributed by atoms with van der Waals surface area (Å²) in [6.45, 7) is 3.65. The molecule has 0 aliphatic carbocycles. The molecule has 1 rings (SSSR count). The third-order valence-electron chi connectivity index (χ3n) is 2.64. The molecule has 0 radical (unpaired) electrons. The quantitative estimate of drug-likeness (QED) is 0.786. The average molecular weight is 294 g/mol. The Bertz CT molecular complexity index is 556. The zero-order valence-corrected chi connectivity index (χ0v) is 12.3. The zero-order valence-electron chi connectivity index (χ0n) is 12.3. The molecule has 0 unspecified atom stereocenters. The minimum atomic E-state index is -1.12. The van der Waals surface area contributed by atoms with Crippen LogP contribution < -0.4 is 10.2 Å². The molecule has 2 N–H and O–H groups in total. The van der Waals surface area contributed by atoms with Crippen molar-refractivity contribution in [2.45, 2.75) is 19.9 Å². The molecule has 1 aromatic carbocycles. The molecular weight excluding hydrogens is 275 g/mol. The minimum absolute atomic E-state index is 0.00195. The molecule has 0 aliphatic rings. The van der Waals surface area contributed by atoms with E-state index in [2.05, 4.69) is 5.32 Å². The summed E-state index contributed by atoms with van der Waals surface area (Å²) in [5, 5.41) is 11.4. The number of hydrogen-bond donors (Lipinski definition) is 2. The van der Waals surface area contributed by atoms with Gasteiger partial charge in [0.1, 0.15) is 5.82 Å². The number of para-hydroxylation sites is 1. The Hall–Kier alpha value is -2.37. The van der Waals surface area contributed by atoms with E-state index in [1.165, 1.54) is 23.1 Å². The van der Waals surface area contributed by atoms with Crippen molar-refractivity contribution >= 4 is 23.6 Å². The summed E-state index contributed by atoms with van der Waals surface area (Å²) >= 11 is 0. The number of carboxylic acids is 1. The van der Waals surface area contributed by atoms with Gasteiger partial charge in [-0.05, 0) is 26.0 Å². The number of likely N-dealkylation sites (N-methyl/N-ethyl adjacent to an activating group) is 1. The normalized spacial score (nSPS) is 10.9. The number of carbonyl (C=O) groups is 2. The van der Waals surface area contributed by atoms with E-state index in [4.69, 9.17) is 5.11 Å². The van der Waals surface area contributed by atoms with E-state index in [0.29, 0.717) is 5.56 Å². The molecule has 5 nitrogen and oxygen atoms in total. The van der Waals surface area contributed by atoms with Crippen molar-refractivity contribution in [3.63, 3.8) is 0 Å². The summed E-state index contributed by atoms with van der Waals surface area (Å²) in [7, 11) is 1.58. The zero-order chi connectivity index (χ0) is 16.0. The molecule has 0 spiro atoms. The predicted octanol–water partition coefficient (Wildman–Crippen LogP) is 1.88. The van der Waals surface area contributed by atoms with Crippen molar-refractivity contribution in [3.8, 4) is 0 Å². The first-order valence-electron chi connectivity index (χ1n) is 6.51. The molecule has 0 heterocycles. The predicted molar refractivity (Wildman–Crippen MR) is 79.6 cm³/mol. The third kappa shape index (κ3) is 5.25. The summed E-state index contributed by atoms with van der Waals surface area (Å²) < 4.78 is 14.0. The van der Waals surface area contributed by atoms with Crippen molar-refractivity contribution in [3.05, 3.63) is 35.7 Å². The number of aliphatic carboxylic acids is 1. The fraction of sp³-hybridized carbons (Fsp3) is 0.333. The van der Waals surface area contributed by atoms with Gasteiger partial charge in [-0.25, -0.2) is 9.18 Å². The molecule has 0 bridgehead atoms. The molecule has 0 atom stereocenters. The van der Waals surface area contributed by atoms with Crippen molar-refractivity contribution in [2.24, 2.45) is 0 Å². The number of carbonyl (C=O) groups excluding carboxylic acids is 1. The van der Waals surface area contributed by atoms with Gasteiger partial charge in [-0.15, -0.1) is 0 Å². The van der Waals surface area contributed by atoms with Crippen LogP contribution >= 0.6 is 0 Å². The smallest absolute Gasteiger partial charge is 0.328 e. The summed E-state index contributed by atoms with van der Waals surface area (Å²) in [5.41, 5.74) is 0.589. The summed E-state index contributed by atoms with van der Waals surface area (Å²) in [4.78, 5) is 23.8. The number of anilines is 1. The van der Waals surface area contributed by atoms with E-state index >= 15 is 0 Å². The number of benzene rings is 1. The lowest BCUT2D eigenvalue weighted by Gasteiger charge is -2.22. The van der Waals surface area contributed by atoms with E-state index in [1.54, 1.807) is 13.1 Å². The number of halogens is 1. The Morgan fingerprint density at radius 3 is 2.67 bits per heavy atom. The fourth-order valence-electron chi connectivity index (χ4n) is 1.89. The second kappa shape index (κ2) is 7.42. The van der Waals surface area contributed by atoms with Gasteiger partial charge in [0.05, 0.1) is 12.2 Å². The van der Waals surface area contributed by atoms with Crippen LogP contribution in [0.3, 0.4) is 0 Å². The molecule has 0 saturated carbocycles. The number of nitrogens with one attached hydrogen (secondary N) is 1. The van der Waals surface area contributed by atoms with Crippen molar-refractivity contribution in [2.75, 3.05) is 18.5 Å². The van der Waals surface area contributed by atoms with Crippen molar-refractivity contribution < 1.29 is 19.1 Å². The van der Waals surface area contributed by atoms with E-state index in [9.17, 15) is 14.0 Å². The maximum absolute atomic E-state index is 14.0. The first-order valence-corrected chi connectivity index (χ1v) is 6.51. The lowest BCUT2D eigenvalue weighted by Crippen LogP contribution is -2.39. The summed E-state index contributed by atoms with van der Waals surface area (Å²) in [6.07, 6.45) is 2.23. The van der Waals surface area contributed by atoms with E-state index in [-0.39, 0.29) is 24.2 Å². The number of carboxylic acid groups (broad SMARTS) is 1. The Balaban J connectivity index is 2.99. The van der Waals surface area contributed by atoms with Crippen LogP contribution in [0.2, 0.25) is 0 Å². The second-order valence-electron chi connectivity index (χ2n) is 4.93. The molecular formula is C15H19FN2O3. The van der Waals surface area contributed by atoms with Gasteiger partial charge in [-0.3, -0.25) is 4.79 Å². The monoisotopic (exact) mass is 294 g/mol. The largest absolute Gasteiger partial charge is 0.478 e. The number of hydrogen-bond acceptors (Lipinski definition) is 3. The first kappa shape index (κ1) is 16.7. The standard InChI is InChI=1S/C15H19FN2O3/c1-10(2)17-13(19)9-18(3)15-11(7-8-14(20)21)5-4-6-12(15)16/h4-8,10H,9H2,1-3H3,(H,17,19)(H,20,21)/b8-7+. The van der Waals surface area contributed by atoms with E-state index in [0.717, 1.165) is 6.08 Å². The van der Waals surface area contributed by atoms with E-state index < -0.39 is 11.8 Å². The number of amides is 1. The molecule has 21 heavy (non-hydrogen) atoms. The molecule has 1 aromatic rings. The van der Waals surface area contributed by atoms with Gasteiger partial charge in [-0.1, -0.05) is 12.1 Å². The van der Waals surface area contributed by atoms with Gasteiger partial charge >= 0.3 is 5.97 Å². The highest BCUT2D eigenvalue weighted by Gasteiger charge is 2.15. The van der Waals surface area contributed by atoms with Crippen LogP contribution in [0, 0.1) is 5.82 Å². The van der Waals surface area contributed by atoms with Gasteiger partial charge in [0, 0.05) is 24.7 Å². The fourth-order valence-corrected chi connectivity index (χ4v) is 1.89. The molecule has 0 fully saturated rings. The highest BCUT2D eigenvalue weighted by atomic mass is 19.1. The first-order chi connectivity index (χ1) is 9.81. The Kier molecular flexibility index (Phi) is 5.90. The molecule has 0 saturated heterocycles. The van der Waals surface area contributed by atoms with Crippen LogP contribution in [0.25, 0.3) is 6.08 Å². The number of rotatable bonds is 6. The lowest BCUT2D eigenvalue weighted by molar-refractivity contribution is -0.131. The Morgan fingerprint density at radius 2 is 2.10 bits per heavy atom. The second-order valence-corrected chi connectivity index (χ2v) is 4.93. The van der Waals surface area contributed by atoms with Gasteiger partial charge < -0.3 is 15.3 Å². The van der Waals surface area contributed by atoms with Gasteiger partial charge in [0.25, 0.3) is 0 Å². The molecule has 6 heteroatoms. The molecule has 0 aromatic heterocycles. The van der Waals surface area contributed by atoms with Crippen LogP contribution in [0.4, 0.5) is 10.1 Å². The maximum Gasteiger partial charge on any atom is 0.328 e. The van der Waals surface area contributed by atoms with Gasteiger partial charge in [0.15, 0.2) is 0 Å². The van der Waals surface area contributed by atoms with Crippen LogP contribution in [0.5, 0.6) is 0 Å². The Morgan fingerprint density at radius 1 is 1.43 bits per heavy atom. The highest BCUT2D eigenvalue weighted by molar-refractivity contribution is 5.88. The van der Waals surface area contributed by atoms with Crippen LogP contribution in [0.1, 0.15) is 19.4 Å². The topological polar surface area (TPSA) is 69.6 Å². The van der Waals surface area contributed by atoms with Gasteiger partial charge in [-0.2, -0.15) is 0 Å². The van der Waals surface area contributed by atoms with Gasteiger partial charge in [0.2, 0.25) is 5.91 Å². The Labute approximate surface area is 123 Å². The summed E-state index contributed by atoms with van der Waals surface area (Å²) in [5.74, 6) is -1.86.